The highest BCUT2D eigenvalue weighted by Gasteiger charge is 2.22. The maximum atomic E-state index is 12.7. The summed E-state index contributed by atoms with van der Waals surface area (Å²) < 4.78 is 32.1. The van der Waals surface area contributed by atoms with Crippen LogP contribution in [0.1, 0.15) is 11.1 Å². The number of halogens is 1. The zero-order chi connectivity index (χ0) is 25.2. The van der Waals surface area contributed by atoms with Crippen molar-refractivity contribution in [1.29, 1.82) is 0 Å². The van der Waals surface area contributed by atoms with Crippen molar-refractivity contribution in [3.63, 3.8) is 0 Å². The summed E-state index contributed by atoms with van der Waals surface area (Å²) in [6.07, 6.45) is 2.39. The molecule has 0 atom stereocenters. The first-order chi connectivity index (χ1) is 16.7. The monoisotopic (exact) mass is 516 g/mol. The van der Waals surface area contributed by atoms with Gasteiger partial charge in [0.25, 0.3) is 0 Å². The number of fused-ring (bicyclic) bond motifs is 1. The molecule has 0 spiro atoms. The van der Waals surface area contributed by atoms with Gasteiger partial charge in [-0.15, -0.1) is 0 Å². The number of amides is 1. The Kier molecular flexibility index (Phi) is 7.10. The van der Waals surface area contributed by atoms with Gasteiger partial charge in [-0.25, -0.2) is 17.7 Å². The second kappa shape index (κ2) is 10.1. The summed E-state index contributed by atoms with van der Waals surface area (Å²) in [5, 5.41) is 9.24. The second-order valence-corrected chi connectivity index (χ2v) is 10.5. The molecule has 0 saturated carbocycles. The summed E-state index contributed by atoms with van der Waals surface area (Å²) in [5.41, 5.74) is 2.87. The molecular weight excluding hydrogens is 492 g/mol. The highest BCUT2D eigenvalue weighted by atomic mass is 35.5. The molecule has 1 amide bonds. The van der Waals surface area contributed by atoms with Crippen LogP contribution in [0.3, 0.4) is 0 Å². The Bertz CT molecular complexity index is 1380. The quantitative estimate of drug-likeness (QED) is 0.437. The second-order valence-electron chi connectivity index (χ2n) is 8.02. The molecule has 1 aliphatic rings. The summed E-state index contributed by atoms with van der Waals surface area (Å²) in [6.45, 7) is 0.554. The molecule has 4 rings (SSSR count). The Morgan fingerprint density at radius 2 is 1.89 bits per heavy atom. The topological polar surface area (TPSA) is 126 Å². The van der Waals surface area contributed by atoms with Gasteiger partial charge >= 0.3 is 0 Å². The Morgan fingerprint density at radius 1 is 1.11 bits per heavy atom. The number of rotatable bonds is 7. The van der Waals surface area contributed by atoms with Gasteiger partial charge in [-0.05, 0) is 41.8 Å². The zero-order valence-corrected chi connectivity index (χ0v) is 21.0. The largest absolute Gasteiger partial charge is 0.495 e. The van der Waals surface area contributed by atoms with Crippen LogP contribution in [-0.4, -0.2) is 56.3 Å². The van der Waals surface area contributed by atoms with Crippen molar-refractivity contribution in [1.82, 2.24) is 19.6 Å². The lowest BCUT2D eigenvalue weighted by molar-refractivity contribution is -0.120. The van der Waals surface area contributed by atoms with E-state index in [1.807, 2.05) is 12.1 Å². The molecule has 1 aliphatic heterocycles. The number of carbonyl (C=O) groups is 1. The van der Waals surface area contributed by atoms with Crippen molar-refractivity contribution in [3.05, 3.63) is 58.7 Å². The SMILES string of the molecule is COc1cc2c(cc1Nc1ncc(Cl)c(Nc3ccccc3S(=O)(=O)N(C)C)n1)CCNC(=O)C2. The molecule has 12 heteroatoms. The van der Waals surface area contributed by atoms with Crippen molar-refractivity contribution < 1.29 is 17.9 Å². The highest BCUT2D eigenvalue weighted by molar-refractivity contribution is 7.89. The lowest BCUT2D eigenvalue weighted by Crippen LogP contribution is -2.24. The molecule has 35 heavy (non-hydrogen) atoms. The maximum absolute atomic E-state index is 12.7. The van der Waals surface area contributed by atoms with Crippen LogP contribution in [-0.2, 0) is 27.7 Å². The number of sulfonamides is 1. The molecule has 1 aromatic heterocycles. The Morgan fingerprint density at radius 3 is 2.63 bits per heavy atom. The molecule has 2 aromatic carbocycles. The average molecular weight is 517 g/mol. The molecule has 0 radical (unpaired) electrons. The first-order valence-corrected chi connectivity index (χ1v) is 12.6. The number of benzene rings is 2. The van der Waals surface area contributed by atoms with E-state index in [1.165, 1.54) is 26.4 Å². The van der Waals surface area contributed by atoms with Gasteiger partial charge in [0.1, 0.15) is 15.7 Å². The van der Waals surface area contributed by atoms with E-state index < -0.39 is 10.0 Å². The van der Waals surface area contributed by atoms with Crippen molar-refractivity contribution >= 4 is 50.7 Å². The van der Waals surface area contributed by atoms with Crippen molar-refractivity contribution in [3.8, 4) is 5.75 Å². The highest BCUT2D eigenvalue weighted by Crippen LogP contribution is 2.33. The first kappa shape index (κ1) is 24.7. The molecule has 184 valence electrons. The number of nitrogens with one attached hydrogen (secondary N) is 3. The standard InChI is InChI=1S/C23H25ClN6O4S/c1-30(2)35(32,33)20-7-5-4-6-17(20)27-22-16(24)13-26-23(29-22)28-18-10-14-8-9-25-21(31)12-15(14)11-19(18)34-3/h4-7,10-11,13H,8-9,12H2,1-3H3,(H,25,31)(H2,26,27,28,29). The Hall–Kier alpha value is -3.41. The molecule has 2 heterocycles. The number of methoxy groups -OCH3 is 1. The van der Waals surface area contributed by atoms with Crippen LogP contribution >= 0.6 is 11.6 Å². The Balaban J connectivity index is 1.66. The predicted octanol–water partition coefficient (Wildman–Crippen LogP) is 3.09. The van der Waals surface area contributed by atoms with Crippen molar-refractivity contribution in [2.75, 3.05) is 38.4 Å². The molecule has 0 aliphatic carbocycles. The van der Waals surface area contributed by atoms with E-state index in [2.05, 4.69) is 25.9 Å². The molecular formula is C23H25ClN6O4S. The number of anilines is 4. The summed E-state index contributed by atoms with van der Waals surface area (Å²) in [5.74, 6) is 0.966. The van der Waals surface area contributed by atoms with Gasteiger partial charge < -0.3 is 20.7 Å². The van der Waals surface area contributed by atoms with E-state index in [1.54, 1.807) is 25.3 Å². The summed E-state index contributed by atoms with van der Waals surface area (Å²) in [4.78, 5) is 20.7. The normalized spacial score (nSPS) is 13.6. The van der Waals surface area contributed by atoms with Crippen LogP contribution in [0.15, 0.2) is 47.5 Å². The van der Waals surface area contributed by atoms with Crippen LogP contribution in [0.4, 0.5) is 23.1 Å². The van der Waals surface area contributed by atoms with Crippen LogP contribution in [0.25, 0.3) is 0 Å². The van der Waals surface area contributed by atoms with E-state index in [9.17, 15) is 13.2 Å². The number of carbonyl (C=O) groups excluding carboxylic acids is 1. The summed E-state index contributed by atoms with van der Waals surface area (Å²) in [7, 11) is 0.770. The van der Waals surface area contributed by atoms with E-state index in [0.29, 0.717) is 30.1 Å². The molecule has 10 nitrogen and oxygen atoms in total. The number of aromatic nitrogens is 2. The fourth-order valence-electron chi connectivity index (χ4n) is 3.66. The van der Waals surface area contributed by atoms with E-state index >= 15 is 0 Å². The van der Waals surface area contributed by atoms with Crippen LogP contribution < -0.4 is 20.7 Å². The maximum Gasteiger partial charge on any atom is 0.244 e. The third kappa shape index (κ3) is 5.31. The van der Waals surface area contributed by atoms with Crippen LogP contribution in [0, 0.1) is 0 Å². The molecule has 3 aromatic rings. The van der Waals surface area contributed by atoms with Crippen LogP contribution in [0.2, 0.25) is 5.02 Å². The molecule has 0 saturated heterocycles. The lowest BCUT2D eigenvalue weighted by atomic mass is 10.0. The van der Waals surface area contributed by atoms with Crippen molar-refractivity contribution in [2.45, 2.75) is 17.7 Å². The third-order valence-corrected chi connectivity index (χ3v) is 7.63. The Labute approximate surface area is 208 Å². The fraction of sp³-hybridized carbons (Fsp3) is 0.261. The van der Waals surface area contributed by atoms with Gasteiger partial charge in [0.05, 0.1) is 31.1 Å². The van der Waals surface area contributed by atoms with Gasteiger partial charge in [0, 0.05) is 20.6 Å². The average Bonchev–Trinajstić information content (AvgIpc) is 3.00. The van der Waals surface area contributed by atoms with E-state index in [4.69, 9.17) is 16.3 Å². The van der Waals surface area contributed by atoms with E-state index in [0.717, 1.165) is 15.4 Å². The number of ether oxygens (including phenoxy) is 1. The fourth-order valence-corrected chi connectivity index (χ4v) is 4.84. The minimum absolute atomic E-state index is 0.0279. The molecule has 0 fully saturated rings. The molecule has 0 bridgehead atoms. The van der Waals surface area contributed by atoms with Gasteiger partial charge in [-0.1, -0.05) is 23.7 Å². The molecule has 0 unspecified atom stereocenters. The number of hydrogen-bond donors (Lipinski definition) is 3. The van der Waals surface area contributed by atoms with Gasteiger partial charge in [-0.2, -0.15) is 4.98 Å². The van der Waals surface area contributed by atoms with Gasteiger partial charge in [0.2, 0.25) is 21.9 Å². The first-order valence-electron chi connectivity index (χ1n) is 10.7. The number of hydrogen-bond acceptors (Lipinski definition) is 8. The van der Waals surface area contributed by atoms with E-state index in [-0.39, 0.29) is 34.0 Å². The number of nitrogens with zero attached hydrogens (tertiary/aromatic N) is 3. The third-order valence-electron chi connectivity index (χ3n) is 5.48. The van der Waals surface area contributed by atoms with Gasteiger partial charge in [0.15, 0.2) is 5.82 Å². The summed E-state index contributed by atoms with van der Waals surface area (Å²) in [6, 6.07) is 10.2. The zero-order valence-electron chi connectivity index (χ0n) is 19.4. The summed E-state index contributed by atoms with van der Waals surface area (Å²) >= 11 is 6.32. The minimum Gasteiger partial charge on any atom is -0.495 e. The van der Waals surface area contributed by atoms with Gasteiger partial charge in [-0.3, -0.25) is 4.79 Å². The predicted molar refractivity (Wildman–Crippen MR) is 134 cm³/mol. The lowest BCUT2D eigenvalue weighted by Gasteiger charge is -2.17. The minimum atomic E-state index is -3.70. The van der Waals surface area contributed by atoms with Crippen LogP contribution in [0.5, 0.6) is 5.75 Å². The number of para-hydroxylation sites is 1. The smallest absolute Gasteiger partial charge is 0.244 e. The van der Waals surface area contributed by atoms with Crippen molar-refractivity contribution in [2.24, 2.45) is 0 Å². The molecule has 3 N–H and O–H groups in total.